The van der Waals surface area contributed by atoms with E-state index in [1.54, 1.807) is 11.6 Å². The van der Waals surface area contributed by atoms with Gasteiger partial charge in [-0.3, -0.25) is 0 Å². The van der Waals surface area contributed by atoms with Crippen LogP contribution in [0.3, 0.4) is 0 Å². The summed E-state index contributed by atoms with van der Waals surface area (Å²) in [5.41, 5.74) is 0. The summed E-state index contributed by atoms with van der Waals surface area (Å²) in [6, 6.07) is 3.81. The Morgan fingerprint density at radius 3 is 2.29 bits per heavy atom. The molecule has 0 spiro atoms. The van der Waals surface area contributed by atoms with Gasteiger partial charge in [-0.2, -0.15) is 4.31 Å². The quantitative estimate of drug-likeness (QED) is 0.753. The molecule has 1 saturated heterocycles. The lowest BCUT2D eigenvalue weighted by Gasteiger charge is -2.34. The molecule has 24 heavy (non-hydrogen) atoms. The average molecular weight is 351 g/mol. The van der Waals surface area contributed by atoms with Gasteiger partial charge in [0.2, 0.25) is 0 Å². The minimum atomic E-state index is -3.53. The van der Waals surface area contributed by atoms with Crippen molar-refractivity contribution in [2.24, 2.45) is 7.05 Å². The lowest BCUT2D eigenvalue weighted by atomic mass is 10.3. The van der Waals surface area contributed by atoms with Crippen LogP contribution in [-0.4, -0.2) is 72.7 Å². The van der Waals surface area contributed by atoms with Crippen molar-refractivity contribution >= 4 is 21.7 Å². The summed E-state index contributed by atoms with van der Waals surface area (Å²) in [5, 5.41) is 8.48. The van der Waals surface area contributed by atoms with E-state index >= 15 is 0 Å². The Morgan fingerprint density at radius 1 is 1.08 bits per heavy atom. The lowest BCUT2D eigenvalue weighted by molar-refractivity contribution is 0.382. The van der Waals surface area contributed by atoms with Crippen molar-refractivity contribution in [1.82, 2.24) is 24.1 Å². The lowest BCUT2D eigenvalue weighted by Crippen LogP contribution is -2.49. The summed E-state index contributed by atoms with van der Waals surface area (Å²) in [5.74, 6) is 1.55. The first kappa shape index (κ1) is 16.7. The number of hydrogen-bond acceptors (Lipinski definition) is 7. The molecule has 3 heterocycles. The van der Waals surface area contributed by atoms with Crippen LogP contribution < -0.4 is 9.80 Å². The van der Waals surface area contributed by atoms with E-state index in [0.717, 1.165) is 11.6 Å². The van der Waals surface area contributed by atoms with E-state index in [0.29, 0.717) is 26.2 Å². The highest BCUT2D eigenvalue weighted by molar-refractivity contribution is 7.89. The van der Waals surface area contributed by atoms with Gasteiger partial charge in [0.15, 0.2) is 16.7 Å². The van der Waals surface area contributed by atoms with Crippen LogP contribution in [0.5, 0.6) is 0 Å². The highest BCUT2D eigenvalue weighted by atomic mass is 32.2. The molecule has 2 aromatic rings. The molecular weight excluding hydrogens is 330 g/mol. The number of aryl methyl sites for hydroxylation is 1. The third-order valence-corrected chi connectivity index (χ3v) is 5.73. The fraction of sp³-hybridized carbons (Fsp3) is 0.500. The minimum absolute atomic E-state index is 0.0913. The molecule has 2 aromatic heterocycles. The molecule has 0 saturated carbocycles. The Morgan fingerprint density at radius 2 is 1.79 bits per heavy atom. The van der Waals surface area contributed by atoms with Gasteiger partial charge in [0.05, 0.1) is 6.33 Å². The van der Waals surface area contributed by atoms with Crippen molar-refractivity contribution in [3.8, 4) is 0 Å². The molecule has 3 rings (SSSR count). The van der Waals surface area contributed by atoms with Crippen molar-refractivity contribution in [3.63, 3.8) is 0 Å². The summed E-state index contributed by atoms with van der Waals surface area (Å²) in [6.45, 7) is 1.94. The number of sulfonamides is 1. The zero-order valence-electron chi connectivity index (χ0n) is 14.0. The standard InChI is InChI=1S/C14H21N7O2S/c1-18(2)12-4-5-13(17-16-12)20-6-8-21(9-7-20)24(22,23)14-10-19(3)11-15-14/h4-5,10-11H,6-9H2,1-3H3. The number of piperazine rings is 1. The molecule has 1 aliphatic heterocycles. The molecule has 0 radical (unpaired) electrons. The summed E-state index contributed by atoms with van der Waals surface area (Å²) in [7, 11) is 2.03. The number of nitrogens with zero attached hydrogens (tertiary/aromatic N) is 7. The van der Waals surface area contributed by atoms with Gasteiger partial charge in [-0.05, 0) is 12.1 Å². The van der Waals surface area contributed by atoms with E-state index in [1.165, 1.54) is 16.8 Å². The van der Waals surface area contributed by atoms with Gasteiger partial charge in [0, 0.05) is 53.5 Å². The van der Waals surface area contributed by atoms with Gasteiger partial charge in [0.25, 0.3) is 10.0 Å². The predicted octanol–water partition coefficient (Wildman–Crippen LogP) is -0.213. The van der Waals surface area contributed by atoms with Gasteiger partial charge < -0.3 is 14.4 Å². The zero-order chi connectivity index (χ0) is 17.3. The number of imidazole rings is 1. The molecule has 1 fully saturated rings. The molecule has 0 aliphatic carbocycles. The van der Waals surface area contributed by atoms with Crippen molar-refractivity contribution in [1.29, 1.82) is 0 Å². The molecule has 0 N–H and O–H groups in total. The molecule has 0 aromatic carbocycles. The Labute approximate surface area is 141 Å². The van der Waals surface area contributed by atoms with Gasteiger partial charge in [-0.1, -0.05) is 0 Å². The van der Waals surface area contributed by atoms with Crippen LogP contribution in [-0.2, 0) is 17.1 Å². The SMILES string of the molecule is CN(C)c1ccc(N2CCN(S(=O)(=O)c3cn(C)cn3)CC2)nn1. The zero-order valence-corrected chi connectivity index (χ0v) is 14.8. The second-order valence-electron chi connectivity index (χ2n) is 5.91. The smallest absolute Gasteiger partial charge is 0.262 e. The summed E-state index contributed by atoms with van der Waals surface area (Å²) in [6.07, 6.45) is 3.01. The van der Waals surface area contributed by atoms with Crippen LogP contribution in [0, 0.1) is 0 Å². The highest BCUT2D eigenvalue weighted by Crippen LogP contribution is 2.19. The Bertz CT molecular complexity index is 793. The van der Waals surface area contributed by atoms with E-state index in [9.17, 15) is 8.42 Å². The van der Waals surface area contributed by atoms with Crippen LogP contribution in [0.4, 0.5) is 11.6 Å². The maximum Gasteiger partial charge on any atom is 0.262 e. The largest absolute Gasteiger partial charge is 0.361 e. The third-order valence-electron chi connectivity index (χ3n) is 3.94. The molecule has 0 amide bonds. The molecule has 0 bridgehead atoms. The molecule has 130 valence electrons. The molecule has 0 unspecified atom stereocenters. The third kappa shape index (κ3) is 3.20. The Balaban J connectivity index is 1.67. The fourth-order valence-corrected chi connectivity index (χ4v) is 3.93. The van der Waals surface area contributed by atoms with E-state index in [1.807, 2.05) is 36.0 Å². The minimum Gasteiger partial charge on any atom is -0.361 e. The van der Waals surface area contributed by atoms with Crippen molar-refractivity contribution < 1.29 is 8.42 Å². The molecule has 9 nitrogen and oxygen atoms in total. The summed E-state index contributed by atoms with van der Waals surface area (Å²) in [4.78, 5) is 7.88. The van der Waals surface area contributed by atoms with Crippen LogP contribution in [0.1, 0.15) is 0 Å². The van der Waals surface area contributed by atoms with Crippen molar-refractivity contribution in [3.05, 3.63) is 24.7 Å². The Kier molecular flexibility index (Phi) is 4.41. The van der Waals surface area contributed by atoms with Gasteiger partial charge in [-0.25, -0.2) is 13.4 Å². The number of aromatic nitrogens is 4. The second kappa shape index (κ2) is 6.36. The van der Waals surface area contributed by atoms with E-state index < -0.39 is 10.0 Å². The van der Waals surface area contributed by atoms with E-state index in [2.05, 4.69) is 15.2 Å². The first-order chi connectivity index (χ1) is 11.4. The van der Waals surface area contributed by atoms with Crippen LogP contribution >= 0.6 is 0 Å². The van der Waals surface area contributed by atoms with Gasteiger partial charge in [0.1, 0.15) is 0 Å². The number of rotatable bonds is 4. The van der Waals surface area contributed by atoms with Crippen LogP contribution in [0.25, 0.3) is 0 Å². The first-order valence-electron chi connectivity index (χ1n) is 7.62. The normalized spacial score (nSPS) is 16.4. The highest BCUT2D eigenvalue weighted by Gasteiger charge is 2.30. The number of hydrogen-bond donors (Lipinski definition) is 0. The van der Waals surface area contributed by atoms with E-state index in [4.69, 9.17) is 0 Å². The van der Waals surface area contributed by atoms with E-state index in [-0.39, 0.29) is 5.03 Å². The monoisotopic (exact) mass is 351 g/mol. The van der Waals surface area contributed by atoms with Crippen molar-refractivity contribution in [2.45, 2.75) is 5.03 Å². The maximum atomic E-state index is 12.6. The maximum absolute atomic E-state index is 12.6. The molecule has 1 aliphatic rings. The van der Waals surface area contributed by atoms with Crippen LogP contribution in [0.15, 0.2) is 29.7 Å². The molecule has 10 heteroatoms. The molecular formula is C14H21N7O2S. The summed E-state index contributed by atoms with van der Waals surface area (Å²) < 4.78 is 28.2. The van der Waals surface area contributed by atoms with Crippen molar-refractivity contribution in [2.75, 3.05) is 50.1 Å². The Hall–Kier alpha value is -2.20. The predicted molar refractivity (Wildman–Crippen MR) is 90.5 cm³/mol. The average Bonchev–Trinajstić information content (AvgIpc) is 3.02. The first-order valence-corrected chi connectivity index (χ1v) is 9.06. The topological polar surface area (TPSA) is 87.5 Å². The summed E-state index contributed by atoms with van der Waals surface area (Å²) >= 11 is 0. The fourth-order valence-electron chi connectivity index (χ4n) is 2.54. The number of anilines is 2. The molecule has 0 atom stereocenters. The van der Waals surface area contributed by atoms with Crippen LogP contribution in [0.2, 0.25) is 0 Å². The second-order valence-corrected chi connectivity index (χ2v) is 7.80. The van der Waals surface area contributed by atoms with Gasteiger partial charge in [-0.15, -0.1) is 10.2 Å². The van der Waals surface area contributed by atoms with Gasteiger partial charge >= 0.3 is 0 Å².